The molecule has 21 heavy (non-hydrogen) atoms. The van der Waals surface area contributed by atoms with Crippen molar-refractivity contribution < 1.29 is 9.13 Å². The number of methoxy groups -OCH3 is 1. The SMILES string of the molecule is COc1ccc(C(CN)N(C)CCc2cccs2)cc1F. The first-order valence-electron chi connectivity index (χ1n) is 6.91. The van der Waals surface area contributed by atoms with Gasteiger partial charge in [0.25, 0.3) is 0 Å². The summed E-state index contributed by atoms with van der Waals surface area (Å²) in [6.07, 6.45) is 0.975. The lowest BCUT2D eigenvalue weighted by Crippen LogP contribution is -2.32. The maximum Gasteiger partial charge on any atom is 0.165 e. The molecule has 2 N–H and O–H groups in total. The van der Waals surface area contributed by atoms with E-state index in [4.69, 9.17) is 10.5 Å². The minimum absolute atomic E-state index is 0.00497. The third kappa shape index (κ3) is 4.03. The van der Waals surface area contributed by atoms with Gasteiger partial charge in [-0.3, -0.25) is 4.90 Å². The van der Waals surface area contributed by atoms with E-state index in [2.05, 4.69) is 22.4 Å². The number of likely N-dealkylation sites (N-methyl/N-ethyl adjacent to an activating group) is 1. The van der Waals surface area contributed by atoms with Crippen LogP contribution in [0.2, 0.25) is 0 Å². The van der Waals surface area contributed by atoms with Gasteiger partial charge in [0.15, 0.2) is 11.6 Å². The molecule has 5 heteroatoms. The number of ether oxygens (including phenoxy) is 1. The lowest BCUT2D eigenvalue weighted by Gasteiger charge is -2.27. The maximum atomic E-state index is 13.8. The van der Waals surface area contributed by atoms with E-state index in [-0.39, 0.29) is 17.6 Å². The molecular weight excluding hydrogens is 287 g/mol. The van der Waals surface area contributed by atoms with E-state index < -0.39 is 0 Å². The molecule has 3 nitrogen and oxygen atoms in total. The van der Waals surface area contributed by atoms with Crippen molar-refractivity contribution in [2.75, 3.05) is 27.2 Å². The molecule has 0 saturated heterocycles. The van der Waals surface area contributed by atoms with Crippen molar-refractivity contribution in [2.45, 2.75) is 12.5 Å². The predicted octanol–water partition coefficient (Wildman–Crippen LogP) is 3.07. The van der Waals surface area contributed by atoms with Gasteiger partial charge in [-0.1, -0.05) is 12.1 Å². The zero-order chi connectivity index (χ0) is 15.2. The normalized spacial score (nSPS) is 12.6. The number of halogens is 1. The lowest BCUT2D eigenvalue weighted by atomic mass is 10.0. The molecular formula is C16H21FN2OS. The van der Waals surface area contributed by atoms with Gasteiger partial charge in [0.1, 0.15) is 0 Å². The first-order chi connectivity index (χ1) is 10.2. The van der Waals surface area contributed by atoms with Crippen LogP contribution in [-0.4, -0.2) is 32.1 Å². The Morgan fingerprint density at radius 1 is 1.38 bits per heavy atom. The highest BCUT2D eigenvalue weighted by molar-refractivity contribution is 7.09. The van der Waals surface area contributed by atoms with E-state index in [1.54, 1.807) is 17.4 Å². The number of nitrogens with two attached hydrogens (primary N) is 1. The van der Waals surface area contributed by atoms with Gasteiger partial charge in [-0.25, -0.2) is 4.39 Å². The molecule has 1 heterocycles. The van der Waals surface area contributed by atoms with Crippen molar-refractivity contribution in [3.63, 3.8) is 0 Å². The molecule has 0 spiro atoms. The molecule has 0 aliphatic carbocycles. The smallest absolute Gasteiger partial charge is 0.165 e. The van der Waals surface area contributed by atoms with Crippen LogP contribution in [0.25, 0.3) is 0 Å². The summed E-state index contributed by atoms with van der Waals surface area (Å²) in [5.74, 6) is -0.0872. The van der Waals surface area contributed by atoms with E-state index >= 15 is 0 Å². The fourth-order valence-corrected chi connectivity index (χ4v) is 3.06. The Labute approximate surface area is 129 Å². The molecule has 2 rings (SSSR count). The molecule has 0 aliphatic rings. The van der Waals surface area contributed by atoms with Crippen LogP contribution < -0.4 is 10.5 Å². The number of hydrogen-bond donors (Lipinski definition) is 1. The topological polar surface area (TPSA) is 38.5 Å². The van der Waals surface area contributed by atoms with Gasteiger partial charge in [0, 0.05) is 24.0 Å². The number of benzene rings is 1. The Morgan fingerprint density at radius 2 is 2.19 bits per heavy atom. The first-order valence-corrected chi connectivity index (χ1v) is 7.79. The van der Waals surface area contributed by atoms with Crippen LogP contribution in [0.15, 0.2) is 35.7 Å². The summed E-state index contributed by atoms with van der Waals surface area (Å²) >= 11 is 1.75. The molecule has 1 unspecified atom stereocenters. The Kier molecular flexibility index (Phi) is 5.73. The third-order valence-corrected chi connectivity index (χ3v) is 4.54. The van der Waals surface area contributed by atoms with Crippen molar-refractivity contribution in [1.29, 1.82) is 0 Å². The minimum Gasteiger partial charge on any atom is -0.494 e. The average Bonchev–Trinajstić information content (AvgIpc) is 2.99. The molecule has 0 saturated carbocycles. The summed E-state index contributed by atoms with van der Waals surface area (Å²) in [4.78, 5) is 3.51. The summed E-state index contributed by atoms with van der Waals surface area (Å²) in [6.45, 7) is 1.34. The number of nitrogens with zero attached hydrogens (tertiary/aromatic N) is 1. The first kappa shape index (κ1) is 15.9. The van der Waals surface area contributed by atoms with Gasteiger partial charge in [0.2, 0.25) is 0 Å². The van der Waals surface area contributed by atoms with E-state index in [0.29, 0.717) is 6.54 Å². The van der Waals surface area contributed by atoms with E-state index in [0.717, 1.165) is 18.5 Å². The molecule has 0 radical (unpaired) electrons. The largest absolute Gasteiger partial charge is 0.494 e. The lowest BCUT2D eigenvalue weighted by molar-refractivity contribution is 0.253. The van der Waals surface area contributed by atoms with Crippen molar-refractivity contribution in [2.24, 2.45) is 5.73 Å². The van der Waals surface area contributed by atoms with Gasteiger partial charge < -0.3 is 10.5 Å². The highest BCUT2D eigenvalue weighted by Gasteiger charge is 2.17. The molecule has 0 fully saturated rings. The highest BCUT2D eigenvalue weighted by Crippen LogP contribution is 2.24. The number of hydrogen-bond acceptors (Lipinski definition) is 4. The highest BCUT2D eigenvalue weighted by atomic mass is 32.1. The Morgan fingerprint density at radius 3 is 2.76 bits per heavy atom. The van der Waals surface area contributed by atoms with Gasteiger partial charge in [-0.15, -0.1) is 11.3 Å². The summed E-state index contributed by atoms with van der Waals surface area (Å²) in [5, 5.41) is 2.08. The second-order valence-corrected chi connectivity index (χ2v) is 5.99. The van der Waals surface area contributed by atoms with Crippen molar-refractivity contribution in [1.82, 2.24) is 4.90 Å². The van der Waals surface area contributed by atoms with Crippen LogP contribution in [0.3, 0.4) is 0 Å². The Bertz CT molecular complexity index is 559. The van der Waals surface area contributed by atoms with Gasteiger partial charge in [-0.2, -0.15) is 0 Å². The second kappa shape index (κ2) is 7.54. The summed E-state index contributed by atoms with van der Waals surface area (Å²) in [7, 11) is 3.49. The van der Waals surface area contributed by atoms with Crippen LogP contribution in [0, 0.1) is 5.82 Å². The maximum absolute atomic E-state index is 13.8. The average molecular weight is 308 g/mol. The zero-order valence-electron chi connectivity index (χ0n) is 12.4. The Hall–Kier alpha value is -1.43. The van der Waals surface area contributed by atoms with Crippen LogP contribution in [0.4, 0.5) is 4.39 Å². The van der Waals surface area contributed by atoms with Crippen molar-refractivity contribution in [3.8, 4) is 5.75 Å². The zero-order valence-corrected chi connectivity index (χ0v) is 13.2. The van der Waals surface area contributed by atoms with Crippen molar-refractivity contribution in [3.05, 3.63) is 52.0 Å². The molecule has 0 amide bonds. The predicted molar refractivity (Wildman–Crippen MR) is 85.4 cm³/mol. The van der Waals surface area contributed by atoms with Crippen LogP contribution >= 0.6 is 11.3 Å². The van der Waals surface area contributed by atoms with Crippen LogP contribution in [0.1, 0.15) is 16.5 Å². The number of rotatable bonds is 7. The molecule has 0 bridgehead atoms. The van der Waals surface area contributed by atoms with Gasteiger partial charge in [-0.05, 0) is 42.6 Å². The Balaban J connectivity index is 2.05. The van der Waals surface area contributed by atoms with E-state index in [1.165, 1.54) is 18.1 Å². The standard InChI is InChI=1S/C16H21FN2OS/c1-19(8-7-13-4-3-9-21-13)15(11-18)12-5-6-16(20-2)14(17)10-12/h3-6,9-10,15H,7-8,11,18H2,1-2H3. The molecule has 1 aromatic carbocycles. The summed E-state index contributed by atoms with van der Waals surface area (Å²) in [5.41, 5.74) is 6.76. The van der Waals surface area contributed by atoms with Crippen LogP contribution in [0.5, 0.6) is 5.75 Å². The second-order valence-electron chi connectivity index (χ2n) is 4.96. The molecule has 1 aromatic heterocycles. The fraction of sp³-hybridized carbons (Fsp3) is 0.375. The third-order valence-electron chi connectivity index (χ3n) is 3.61. The van der Waals surface area contributed by atoms with Gasteiger partial charge in [0.05, 0.1) is 7.11 Å². The summed E-state index contributed by atoms with van der Waals surface area (Å²) in [6, 6.07) is 9.23. The van der Waals surface area contributed by atoms with Crippen LogP contribution in [-0.2, 0) is 6.42 Å². The van der Waals surface area contributed by atoms with E-state index in [1.807, 2.05) is 13.1 Å². The number of thiophene rings is 1. The fourth-order valence-electron chi connectivity index (χ4n) is 2.36. The molecule has 2 aromatic rings. The van der Waals surface area contributed by atoms with Gasteiger partial charge >= 0.3 is 0 Å². The quantitative estimate of drug-likeness (QED) is 0.854. The summed E-state index contributed by atoms with van der Waals surface area (Å²) < 4.78 is 18.8. The minimum atomic E-state index is -0.347. The molecule has 114 valence electrons. The van der Waals surface area contributed by atoms with Crippen molar-refractivity contribution >= 4 is 11.3 Å². The van der Waals surface area contributed by atoms with E-state index in [9.17, 15) is 4.39 Å². The monoisotopic (exact) mass is 308 g/mol. The molecule has 0 aliphatic heterocycles. The molecule has 1 atom stereocenters.